The van der Waals surface area contributed by atoms with Crippen LogP contribution in [-0.2, 0) is 6.42 Å². The van der Waals surface area contributed by atoms with Gasteiger partial charge in [0.25, 0.3) is 5.91 Å². The van der Waals surface area contributed by atoms with Gasteiger partial charge in [0, 0.05) is 11.1 Å². The summed E-state index contributed by atoms with van der Waals surface area (Å²) in [6.07, 6.45) is 11.5. The van der Waals surface area contributed by atoms with Crippen molar-refractivity contribution >= 4 is 5.91 Å². The van der Waals surface area contributed by atoms with E-state index in [1.54, 1.807) is 0 Å². The van der Waals surface area contributed by atoms with Crippen LogP contribution in [0, 0.1) is 24.7 Å². The van der Waals surface area contributed by atoms with Crippen molar-refractivity contribution in [3.8, 4) is 36.2 Å². The van der Waals surface area contributed by atoms with Crippen LogP contribution in [0.25, 0.3) is 0 Å². The number of carbonyl (C=O) groups is 1. The molecule has 5 nitrogen and oxygen atoms in total. The van der Waals surface area contributed by atoms with Crippen LogP contribution in [0.3, 0.4) is 0 Å². The lowest BCUT2D eigenvalue weighted by molar-refractivity contribution is 0.0958. The second-order valence-corrected chi connectivity index (χ2v) is 4.24. The van der Waals surface area contributed by atoms with Crippen LogP contribution in [0.5, 0.6) is 11.5 Å². The average Bonchev–Trinajstić information content (AvgIpc) is 2.49. The molecule has 0 atom stereocenters. The molecule has 0 bridgehead atoms. The largest absolute Gasteiger partial charge is 0.508 e. The number of terminal acetylenes is 2. The third-order valence-corrected chi connectivity index (χ3v) is 2.74. The molecule has 4 N–H and O–H groups in total. The van der Waals surface area contributed by atoms with E-state index in [1.165, 1.54) is 12.1 Å². The van der Waals surface area contributed by atoms with E-state index in [2.05, 4.69) is 17.2 Å². The molecule has 1 amide bonds. The van der Waals surface area contributed by atoms with E-state index in [1.807, 2.05) is 0 Å². The van der Waals surface area contributed by atoms with Crippen LogP contribution in [-0.4, -0.2) is 30.7 Å². The number of hydrogen-bond acceptors (Lipinski definition) is 4. The lowest BCUT2D eigenvalue weighted by atomic mass is 10.0. The molecule has 0 saturated heterocycles. The first-order chi connectivity index (χ1) is 10.1. The number of rotatable bonds is 7. The summed E-state index contributed by atoms with van der Waals surface area (Å²) in [7, 11) is 0. The molecule has 0 unspecified atom stereocenters. The predicted molar refractivity (Wildman–Crippen MR) is 81.0 cm³/mol. The molecular formula is C16H18N2O3. The monoisotopic (exact) mass is 286 g/mol. The van der Waals surface area contributed by atoms with E-state index in [9.17, 15) is 9.90 Å². The van der Waals surface area contributed by atoms with Crippen LogP contribution < -0.4 is 15.8 Å². The van der Waals surface area contributed by atoms with E-state index >= 15 is 0 Å². The number of benzene rings is 1. The van der Waals surface area contributed by atoms with Crippen molar-refractivity contribution in [2.24, 2.45) is 5.73 Å². The molecule has 1 aromatic rings. The summed E-state index contributed by atoms with van der Waals surface area (Å²) in [5.41, 5.74) is 6.31. The Bertz CT molecular complexity index is 582. The van der Waals surface area contributed by atoms with Gasteiger partial charge in [0.05, 0.1) is 6.54 Å². The number of aromatic hydroxyl groups is 1. The van der Waals surface area contributed by atoms with Crippen molar-refractivity contribution in [1.29, 1.82) is 0 Å². The van der Waals surface area contributed by atoms with E-state index in [-0.39, 0.29) is 30.4 Å². The minimum Gasteiger partial charge on any atom is -0.508 e. The highest BCUT2D eigenvalue weighted by Crippen LogP contribution is 2.31. The van der Waals surface area contributed by atoms with Gasteiger partial charge in [-0.2, -0.15) is 0 Å². The first-order valence-corrected chi connectivity index (χ1v) is 6.48. The molecule has 0 aliphatic heterocycles. The summed E-state index contributed by atoms with van der Waals surface area (Å²) in [5.74, 6) is 4.62. The van der Waals surface area contributed by atoms with Crippen LogP contribution >= 0.6 is 0 Å². The summed E-state index contributed by atoms with van der Waals surface area (Å²) in [5, 5.41) is 12.6. The number of phenolic OH excluding ortho intramolecular Hbond substituents is 1. The highest BCUT2D eigenvalue weighted by Gasteiger charge is 2.15. The Morgan fingerprint density at radius 1 is 1.38 bits per heavy atom. The van der Waals surface area contributed by atoms with Gasteiger partial charge in [0.1, 0.15) is 18.1 Å². The first kappa shape index (κ1) is 16.4. The molecule has 0 spiro atoms. The second-order valence-electron chi connectivity index (χ2n) is 4.24. The lowest BCUT2D eigenvalue weighted by Gasteiger charge is -2.13. The predicted octanol–water partition coefficient (Wildman–Crippen LogP) is 0.658. The Kier molecular flexibility index (Phi) is 6.67. The van der Waals surface area contributed by atoms with Gasteiger partial charge in [-0.05, 0) is 31.5 Å². The average molecular weight is 286 g/mol. The van der Waals surface area contributed by atoms with E-state index in [4.69, 9.17) is 23.3 Å². The molecule has 5 heteroatoms. The fourth-order valence-electron chi connectivity index (χ4n) is 1.77. The normalized spacial score (nSPS) is 9.48. The van der Waals surface area contributed by atoms with Gasteiger partial charge >= 0.3 is 0 Å². The lowest BCUT2D eigenvalue weighted by Crippen LogP contribution is -2.23. The maximum atomic E-state index is 11.9. The summed E-state index contributed by atoms with van der Waals surface area (Å²) in [6, 6.07) is 2.91. The minimum atomic E-state index is -0.390. The summed E-state index contributed by atoms with van der Waals surface area (Å²) in [6.45, 7) is 0.637. The van der Waals surface area contributed by atoms with Gasteiger partial charge in [0.2, 0.25) is 0 Å². The maximum Gasteiger partial charge on any atom is 0.252 e. The van der Waals surface area contributed by atoms with Crippen LogP contribution in [0.2, 0.25) is 0 Å². The minimum absolute atomic E-state index is 0.0242. The fraction of sp³-hybridized carbons (Fsp3) is 0.312. The molecule has 0 saturated carbocycles. The molecular weight excluding hydrogens is 268 g/mol. The zero-order chi connectivity index (χ0) is 15.7. The quantitative estimate of drug-likeness (QED) is 0.643. The van der Waals surface area contributed by atoms with Gasteiger partial charge < -0.3 is 20.9 Å². The van der Waals surface area contributed by atoms with Crippen LogP contribution in [0.1, 0.15) is 22.3 Å². The van der Waals surface area contributed by atoms with E-state index < -0.39 is 0 Å². The van der Waals surface area contributed by atoms with Crippen molar-refractivity contribution in [2.45, 2.75) is 12.8 Å². The SMILES string of the molecule is C#CCNC(=O)c1cc(O)c(CCCN)c(OCC#C)c1. The number of amides is 1. The maximum absolute atomic E-state index is 11.9. The highest BCUT2D eigenvalue weighted by molar-refractivity contribution is 5.95. The van der Waals surface area contributed by atoms with Gasteiger partial charge in [-0.1, -0.05) is 11.8 Å². The van der Waals surface area contributed by atoms with Crippen molar-refractivity contribution in [2.75, 3.05) is 19.7 Å². The van der Waals surface area contributed by atoms with Gasteiger partial charge in [-0.3, -0.25) is 4.79 Å². The van der Waals surface area contributed by atoms with E-state index in [0.717, 1.165) is 0 Å². The standard InChI is InChI=1S/C16H18N2O3/c1-3-8-18-16(20)12-10-14(19)13(6-5-7-17)15(11-12)21-9-4-2/h1-2,10-11,19H,5-9,17H2,(H,18,20). The molecule has 0 aliphatic rings. The zero-order valence-electron chi connectivity index (χ0n) is 11.7. The second kappa shape index (κ2) is 8.52. The molecule has 0 aliphatic carbocycles. The number of hydrogen-bond donors (Lipinski definition) is 3. The molecule has 0 fully saturated rings. The summed E-state index contributed by atoms with van der Waals surface area (Å²) < 4.78 is 5.40. The molecule has 0 heterocycles. The van der Waals surface area contributed by atoms with Gasteiger partial charge in [-0.25, -0.2) is 0 Å². The van der Waals surface area contributed by atoms with E-state index in [0.29, 0.717) is 30.7 Å². The van der Waals surface area contributed by atoms with Gasteiger partial charge in [0.15, 0.2) is 0 Å². The van der Waals surface area contributed by atoms with Crippen LogP contribution in [0.4, 0.5) is 0 Å². The highest BCUT2D eigenvalue weighted by atomic mass is 16.5. The number of nitrogens with one attached hydrogen (secondary N) is 1. The molecule has 0 radical (unpaired) electrons. The van der Waals surface area contributed by atoms with Crippen LogP contribution in [0.15, 0.2) is 12.1 Å². The molecule has 21 heavy (non-hydrogen) atoms. The molecule has 1 aromatic carbocycles. The van der Waals surface area contributed by atoms with Crippen molar-refractivity contribution in [3.05, 3.63) is 23.3 Å². The van der Waals surface area contributed by atoms with Crippen molar-refractivity contribution in [3.63, 3.8) is 0 Å². The van der Waals surface area contributed by atoms with Crippen molar-refractivity contribution < 1.29 is 14.6 Å². The Morgan fingerprint density at radius 2 is 2.14 bits per heavy atom. The first-order valence-electron chi connectivity index (χ1n) is 6.48. The molecule has 1 rings (SSSR count). The third-order valence-electron chi connectivity index (χ3n) is 2.74. The molecule has 0 aromatic heterocycles. The number of carbonyl (C=O) groups excluding carboxylic acids is 1. The number of nitrogens with two attached hydrogens (primary N) is 1. The smallest absolute Gasteiger partial charge is 0.252 e. The topological polar surface area (TPSA) is 84.6 Å². The van der Waals surface area contributed by atoms with Crippen molar-refractivity contribution in [1.82, 2.24) is 5.32 Å². The number of ether oxygens (including phenoxy) is 1. The zero-order valence-corrected chi connectivity index (χ0v) is 11.7. The Labute approximate surface area is 124 Å². The fourth-order valence-corrected chi connectivity index (χ4v) is 1.77. The Hall–Kier alpha value is -2.63. The Balaban J connectivity index is 3.08. The molecule has 110 valence electrons. The Morgan fingerprint density at radius 3 is 2.76 bits per heavy atom. The summed E-state index contributed by atoms with van der Waals surface area (Å²) >= 11 is 0. The summed E-state index contributed by atoms with van der Waals surface area (Å²) in [4.78, 5) is 11.9. The van der Waals surface area contributed by atoms with Gasteiger partial charge in [-0.15, -0.1) is 12.8 Å². The third kappa shape index (κ3) is 4.76. The number of phenols is 1.